The van der Waals surface area contributed by atoms with Crippen LogP contribution < -0.4 is 20.3 Å². The SMILES string of the molecule is CC[C@H](C)Nc1cc(C(=O)NC(Cc2cc(F)cc(F)c2)C(O)[C@H]2CCCCN2)cc(N(C)S(C)(=O)=O)n1. The van der Waals surface area contributed by atoms with E-state index in [4.69, 9.17) is 0 Å². The predicted molar refractivity (Wildman–Crippen MR) is 144 cm³/mol. The second-order valence-corrected chi connectivity index (χ2v) is 11.9. The molecule has 210 valence electrons. The summed E-state index contributed by atoms with van der Waals surface area (Å²) in [5.74, 6) is -1.73. The molecule has 1 aliphatic heterocycles. The van der Waals surface area contributed by atoms with Gasteiger partial charge in [0.1, 0.15) is 23.3 Å². The lowest BCUT2D eigenvalue weighted by atomic mass is 9.91. The molecule has 3 rings (SSSR count). The van der Waals surface area contributed by atoms with Crippen LogP contribution in [0.2, 0.25) is 0 Å². The molecule has 0 radical (unpaired) electrons. The van der Waals surface area contributed by atoms with Crippen LogP contribution in [-0.2, 0) is 16.4 Å². The molecule has 2 aromatic rings. The number of aliphatic hydroxyl groups excluding tert-OH is 1. The van der Waals surface area contributed by atoms with Gasteiger partial charge in [0.2, 0.25) is 10.0 Å². The number of sulfonamides is 1. The van der Waals surface area contributed by atoms with Crippen molar-refractivity contribution in [3.8, 4) is 0 Å². The van der Waals surface area contributed by atoms with Crippen molar-refractivity contribution in [3.63, 3.8) is 0 Å². The summed E-state index contributed by atoms with van der Waals surface area (Å²) < 4.78 is 53.1. The molecule has 0 bridgehead atoms. The molecule has 1 aromatic carbocycles. The Labute approximate surface area is 223 Å². The van der Waals surface area contributed by atoms with E-state index in [9.17, 15) is 27.1 Å². The Morgan fingerprint density at radius 2 is 1.89 bits per heavy atom. The van der Waals surface area contributed by atoms with Gasteiger partial charge in [0.25, 0.3) is 5.91 Å². The lowest BCUT2D eigenvalue weighted by molar-refractivity contribution is 0.0646. The van der Waals surface area contributed by atoms with Crippen molar-refractivity contribution in [1.82, 2.24) is 15.6 Å². The fraction of sp³-hybridized carbons (Fsp3) is 0.538. The summed E-state index contributed by atoms with van der Waals surface area (Å²) in [6.07, 6.45) is 3.30. The molecule has 38 heavy (non-hydrogen) atoms. The van der Waals surface area contributed by atoms with Crippen molar-refractivity contribution in [2.75, 3.05) is 29.5 Å². The average molecular weight is 554 g/mol. The van der Waals surface area contributed by atoms with Crippen LogP contribution >= 0.6 is 0 Å². The Kier molecular flexibility index (Phi) is 10.0. The zero-order valence-electron chi connectivity index (χ0n) is 22.2. The van der Waals surface area contributed by atoms with E-state index in [1.54, 1.807) is 0 Å². The molecule has 4 atom stereocenters. The second kappa shape index (κ2) is 12.8. The Morgan fingerprint density at radius 3 is 2.47 bits per heavy atom. The molecule has 2 unspecified atom stereocenters. The van der Waals surface area contributed by atoms with Gasteiger partial charge in [0.15, 0.2) is 0 Å². The first-order valence-corrected chi connectivity index (χ1v) is 14.6. The minimum absolute atomic E-state index is 0.00650. The molecule has 2 heterocycles. The zero-order chi connectivity index (χ0) is 28.0. The number of nitrogens with one attached hydrogen (secondary N) is 3. The molecule has 1 aliphatic rings. The number of aliphatic hydroxyl groups is 1. The van der Waals surface area contributed by atoms with E-state index >= 15 is 0 Å². The number of pyridine rings is 1. The van der Waals surface area contributed by atoms with Crippen LogP contribution in [0.25, 0.3) is 0 Å². The summed E-state index contributed by atoms with van der Waals surface area (Å²) in [6, 6.07) is 4.78. The number of hydrogen-bond donors (Lipinski definition) is 4. The Balaban J connectivity index is 1.95. The first kappa shape index (κ1) is 29.7. The van der Waals surface area contributed by atoms with Crippen molar-refractivity contribution >= 4 is 27.6 Å². The highest BCUT2D eigenvalue weighted by Crippen LogP contribution is 2.22. The van der Waals surface area contributed by atoms with Gasteiger partial charge in [0, 0.05) is 30.8 Å². The fourth-order valence-electron chi connectivity index (χ4n) is 4.35. The van der Waals surface area contributed by atoms with Crippen LogP contribution in [0, 0.1) is 11.6 Å². The first-order chi connectivity index (χ1) is 17.9. The number of piperidine rings is 1. The Hall–Kier alpha value is -2.83. The first-order valence-electron chi connectivity index (χ1n) is 12.8. The molecule has 1 amide bonds. The fourth-order valence-corrected chi connectivity index (χ4v) is 4.78. The summed E-state index contributed by atoms with van der Waals surface area (Å²) in [5.41, 5.74) is 0.407. The number of benzene rings is 1. The molecule has 1 fully saturated rings. The van der Waals surface area contributed by atoms with E-state index in [1.807, 2.05) is 13.8 Å². The molecule has 4 N–H and O–H groups in total. The van der Waals surface area contributed by atoms with Gasteiger partial charge in [-0.3, -0.25) is 9.10 Å². The van der Waals surface area contributed by atoms with Crippen LogP contribution in [0.1, 0.15) is 55.5 Å². The maximum Gasteiger partial charge on any atom is 0.251 e. The largest absolute Gasteiger partial charge is 0.389 e. The quantitative estimate of drug-likeness (QED) is 0.337. The van der Waals surface area contributed by atoms with Crippen LogP contribution in [-0.4, -0.2) is 68.5 Å². The summed E-state index contributed by atoms with van der Waals surface area (Å²) in [4.78, 5) is 17.8. The molecule has 0 aliphatic carbocycles. The number of halogens is 2. The minimum atomic E-state index is -3.66. The molecular weight excluding hydrogens is 516 g/mol. The van der Waals surface area contributed by atoms with Gasteiger partial charge in [-0.2, -0.15) is 0 Å². The lowest BCUT2D eigenvalue weighted by Gasteiger charge is -2.34. The van der Waals surface area contributed by atoms with E-state index in [0.29, 0.717) is 18.8 Å². The highest BCUT2D eigenvalue weighted by atomic mass is 32.2. The summed E-state index contributed by atoms with van der Waals surface area (Å²) in [5, 5.41) is 20.4. The number of hydrogen-bond acceptors (Lipinski definition) is 7. The Bertz CT molecular complexity index is 1200. The predicted octanol–water partition coefficient (Wildman–Crippen LogP) is 2.81. The number of carbonyl (C=O) groups excluding carboxylic acids is 1. The smallest absolute Gasteiger partial charge is 0.251 e. The van der Waals surface area contributed by atoms with Gasteiger partial charge >= 0.3 is 0 Å². The van der Waals surface area contributed by atoms with E-state index in [-0.39, 0.29) is 35.4 Å². The van der Waals surface area contributed by atoms with Crippen LogP contribution in [0.4, 0.5) is 20.4 Å². The average Bonchev–Trinajstić information content (AvgIpc) is 2.86. The third-order valence-corrected chi connectivity index (χ3v) is 7.95. The number of anilines is 2. The van der Waals surface area contributed by atoms with Gasteiger partial charge < -0.3 is 21.1 Å². The minimum Gasteiger partial charge on any atom is -0.389 e. The van der Waals surface area contributed by atoms with Gasteiger partial charge in [-0.15, -0.1) is 0 Å². The standard InChI is InChI=1S/C26H37F2N5O4S/c1-5-16(2)30-23-13-18(14-24(32-23)33(3)38(4,36)37)26(35)31-22(25(34)21-8-6-7-9-29-21)12-17-10-19(27)15-20(28)11-17/h10-11,13-16,21-22,25,29,34H,5-9,12H2,1-4H3,(H,30,32)(H,31,35)/t16-,21+,22?,25?/m0/s1. The molecule has 0 spiro atoms. The summed E-state index contributed by atoms with van der Waals surface area (Å²) >= 11 is 0. The van der Waals surface area contributed by atoms with Crippen LogP contribution in [0.5, 0.6) is 0 Å². The topological polar surface area (TPSA) is 124 Å². The molecule has 1 aromatic heterocycles. The number of rotatable bonds is 11. The zero-order valence-corrected chi connectivity index (χ0v) is 23.0. The van der Waals surface area contributed by atoms with E-state index in [2.05, 4.69) is 20.9 Å². The van der Waals surface area contributed by atoms with Gasteiger partial charge in [-0.25, -0.2) is 22.2 Å². The highest BCUT2D eigenvalue weighted by Gasteiger charge is 2.31. The molecule has 1 saturated heterocycles. The van der Waals surface area contributed by atoms with Crippen molar-refractivity contribution < 1.29 is 27.1 Å². The van der Waals surface area contributed by atoms with Crippen LogP contribution in [0.15, 0.2) is 30.3 Å². The molecule has 12 heteroatoms. The van der Waals surface area contributed by atoms with Crippen molar-refractivity contribution in [3.05, 3.63) is 53.1 Å². The lowest BCUT2D eigenvalue weighted by Crippen LogP contribution is -2.55. The van der Waals surface area contributed by atoms with Crippen molar-refractivity contribution in [1.29, 1.82) is 0 Å². The second-order valence-electron chi connectivity index (χ2n) is 9.89. The maximum atomic E-state index is 13.9. The summed E-state index contributed by atoms with van der Waals surface area (Å²) in [7, 11) is -2.32. The molecular formula is C26H37F2N5O4S. The monoisotopic (exact) mass is 553 g/mol. The van der Waals surface area contributed by atoms with Crippen molar-refractivity contribution in [2.24, 2.45) is 0 Å². The third-order valence-electron chi connectivity index (χ3n) is 6.77. The van der Waals surface area contributed by atoms with E-state index in [1.165, 1.54) is 31.3 Å². The van der Waals surface area contributed by atoms with Gasteiger partial charge in [0.05, 0.1) is 18.4 Å². The number of nitrogens with zero attached hydrogens (tertiary/aromatic N) is 2. The molecule has 0 saturated carbocycles. The normalized spacial score (nSPS) is 18.3. The maximum absolute atomic E-state index is 13.9. The van der Waals surface area contributed by atoms with Gasteiger partial charge in [-0.1, -0.05) is 13.3 Å². The van der Waals surface area contributed by atoms with E-state index < -0.39 is 39.7 Å². The Morgan fingerprint density at radius 1 is 1.21 bits per heavy atom. The third kappa shape index (κ3) is 8.08. The number of amides is 1. The molecule has 9 nitrogen and oxygen atoms in total. The van der Waals surface area contributed by atoms with Crippen LogP contribution in [0.3, 0.4) is 0 Å². The van der Waals surface area contributed by atoms with Gasteiger partial charge in [-0.05, 0) is 69.0 Å². The number of carbonyl (C=O) groups is 1. The summed E-state index contributed by atoms with van der Waals surface area (Å²) in [6.45, 7) is 4.61. The van der Waals surface area contributed by atoms with Crippen molar-refractivity contribution in [2.45, 2.75) is 70.2 Å². The number of aromatic nitrogens is 1. The highest BCUT2D eigenvalue weighted by molar-refractivity contribution is 7.92. The van der Waals surface area contributed by atoms with E-state index in [0.717, 1.165) is 35.9 Å².